The molecule has 0 fully saturated rings. The summed E-state index contributed by atoms with van der Waals surface area (Å²) in [5.41, 5.74) is 6.04. The molecule has 0 amide bonds. The number of hydrogen-bond donors (Lipinski definition) is 0. The molecule has 9 rings (SSSR count). The van der Waals surface area contributed by atoms with E-state index in [9.17, 15) is 0 Å². The molecule has 0 saturated heterocycles. The minimum atomic E-state index is 0.902. The van der Waals surface area contributed by atoms with Gasteiger partial charge in [0, 0.05) is 53.2 Å². The number of rotatable bonds is 0. The summed E-state index contributed by atoms with van der Waals surface area (Å²) in [7, 11) is 0. The first-order valence-electron chi connectivity index (χ1n) is 11.7. The summed E-state index contributed by atoms with van der Waals surface area (Å²) in [6, 6.07) is 34.5. The third kappa shape index (κ3) is 2.18. The van der Waals surface area contributed by atoms with Crippen molar-refractivity contribution in [3.63, 3.8) is 0 Å². The van der Waals surface area contributed by atoms with Crippen molar-refractivity contribution in [2.24, 2.45) is 0 Å². The number of nitrogens with zero attached hydrogens (tertiary/aromatic N) is 2. The molecule has 0 spiro atoms. The van der Waals surface area contributed by atoms with Crippen LogP contribution >= 0.6 is 11.3 Å². The molecular formula is C31H16N2OS. The Morgan fingerprint density at radius 2 is 1.40 bits per heavy atom. The number of benzene rings is 5. The van der Waals surface area contributed by atoms with Gasteiger partial charge in [0.05, 0.1) is 16.6 Å². The van der Waals surface area contributed by atoms with Crippen molar-refractivity contribution in [1.82, 2.24) is 9.38 Å². The zero-order valence-corrected chi connectivity index (χ0v) is 19.3. The summed E-state index contributed by atoms with van der Waals surface area (Å²) in [6.45, 7) is 0. The Balaban J connectivity index is 1.67. The van der Waals surface area contributed by atoms with Gasteiger partial charge in [-0.15, -0.1) is 11.3 Å². The van der Waals surface area contributed by atoms with Crippen LogP contribution in [0.25, 0.3) is 80.5 Å². The minimum absolute atomic E-state index is 0.902. The van der Waals surface area contributed by atoms with Crippen molar-refractivity contribution in [2.45, 2.75) is 0 Å². The molecule has 4 heteroatoms. The lowest BCUT2D eigenvalue weighted by Crippen LogP contribution is -1.92. The van der Waals surface area contributed by atoms with Gasteiger partial charge in [-0.25, -0.2) is 4.98 Å². The molecule has 0 atom stereocenters. The van der Waals surface area contributed by atoms with E-state index in [0.29, 0.717) is 0 Å². The number of fused-ring (bicyclic) bond motifs is 15. The van der Waals surface area contributed by atoms with Gasteiger partial charge in [-0.3, -0.25) is 4.40 Å². The van der Waals surface area contributed by atoms with Crippen LogP contribution in [0.5, 0.6) is 0 Å². The Morgan fingerprint density at radius 3 is 2.37 bits per heavy atom. The third-order valence-electron chi connectivity index (χ3n) is 7.35. The van der Waals surface area contributed by atoms with Crippen LogP contribution in [0.2, 0.25) is 0 Å². The van der Waals surface area contributed by atoms with E-state index in [1.165, 1.54) is 36.3 Å². The predicted octanol–water partition coefficient (Wildman–Crippen LogP) is 9.06. The molecule has 0 bridgehead atoms. The Kier molecular flexibility index (Phi) is 3.17. The lowest BCUT2D eigenvalue weighted by Gasteiger charge is -2.11. The molecule has 9 aromatic rings. The molecule has 4 aromatic heterocycles. The van der Waals surface area contributed by atoms with Crippen LogP contribution in [0.1, 0.15) is 0 Å². The molecule has 3 nitrogen and oxygen atoms in total. The standard InChI is InChI=1S/C31H16N2OS/c1-5-11-25-17(7-1)20-15-21-24(16-26(20)34-25)33-23-10-4-3-9-22(23)32-31(33)19-13-14-28-30(29(19)21)18-8-2-6-12-27(18)35-28/h1-16H. The van der Waals surface area contributed by atoms with Crippen molar-refractivity contribution in [3.8, 4) is 0 Å². The number of aromatic nitrogens is 2. The van der Waals surface area contributed by atoms with Gasteiger partial charge in [-0.05, 0) is 42.5 Å². The number of furan rings is 1. The topological polar surface area (TPSA) is 30.4 Å². The average Bonchev–Trinajstić information content (AvgIpc) is 3.58. The Bertz CT molecular complexity index is 2320. The number of thiophene rings is 1. The number of para-hydroxylation sites is 3. The predicted molar refractivity (Wildman–Crippen MR) is 148 cm³/mol. The van der Waals surface area contributed by atoms with Gasteiger partial charge in [-0.1, -0.05) is 48.5 Å². The minimum Gasteiger partial charge on any atom is -0.456 e. The molecule has 162 valence electrons. The van der Waals surface area contributed by atoms with E-state index in [0.717, 1.165) is 44.1 Å². The summed E-state index contributed by atoms with van der Waals surface area (Å²) in [6.07, 6.45) is 0. The zero-order valence-electron chi connectivity index (χ0n) is 18.4. The second-order valence-corrected chi connectivity index (χ2v) is 10.3. The highest BCUT2D eigenvalue weighted by Crippen LogP contribution is 2.44. The maximum absolute atomic E-state index is 6.32. The fourth-order valence-electron chi connectivity index (χ4n) is 5.88. The van der Waals surface area contributed by atoms with E-state index in [-0.39, 0.29) is 0 Å². The maximum atomic E-state index is 6.32. The van der Waals surface area contributed by atoms with Crippen LogP contribution in [0.15, 0.2) is 101 Å². The van der Waals surface area contributed by atoms with Gasteiger partial charge in [0.25, 0.3) is 0 Å². The van der Waals surface area contributed by atoms with Crippen LogP contribution in [-0.2, 0) is 0 Å². The number of pyridine rings is 1. The Labute approximate surface area is 202 Å². The fraction of sp³-hybridized carbons (Fsp3) is 0. The van der Waals surface area contributed by atoms with Gasteiger partial charge in [-0.2, -0.15) is 0 Å². The fourth-order valence-corrected chi connectivity index (χ4v) is 6.99. The van der Waals surface area contributed by atoms with Gasteiger partial charge < -0.3 is 4.42 Å². The van der Waals surface area contributed by atoms with Crippen LogP contribution in [0.3, 0.4) is 0 Å². The molecule has 35 heavy (non-hydrogen) atoms. The first-order chi connectivity index (χ1) is 17.3. The molecule has 0 unspecified atom stereocenters. The van der Waals surface area contributed by atoms with Gasteiger partial charge in [0.15, 0.2) is 0 Å². The van der Waals surface area contributed by atoms with E-state index in [1.807, 2.05) is 23.5 Å². The highest BCUT2D eigenvalue weighted by atomic mass is 32.1. The molecule has 0 aliphatic rings. The summed E-state index contributed by atoms with van der Waals surface area (Å²) in [4.78, 5) is 5.12. The molecule has 0 saturated carbocycles. The largest absolute Gasteiger partial charge is 0.456 e. The van der Waals surface area contributed by atoms with Gasteiger partial charge in [0.1, 0.15) is 16.8 Å². The van der Waals surface area contributed by atoms with E-state index < -0.39 is 0 Å². The van der Waals surface area contributed by atoms with Crippen LogP contribution in [0, 0.1) is 0 Å². The first-order valence-corrected chi connectivity index (χ1v) is 12.5. The quantitative estimate of drug-likeness (QED) is 0.210. The number of hydrogen-bond acceptors (Lipinski definition) is 3. The Morgan fingerprint density at radius 1 is 0.571 bits per heavy atom. The second-order valence-electron chi connectivity index (χ2n) is 9.18. The summed E-state index contributed by atoms with van der Waals surface area (Å²) in [5, 5.41) is 8.59. The van der Waals surface area contributed by atoms with Crippen LogP contribution in [-0.4, -0.2) is 9.38 Å². The smallest absolute Gasteiger partial charge is 0.146 e. The van der Waals surface area contributed by atoms with Crippen molar-refractivity contribution in [1.29, 1.82) is 0 Å². The molecule has 0 aliphatic heterocycles. The number of imidazole rings is 1. The van der Waals surface area contributed by atoms with Crippen molar-refractivity contribution in [2.75, 3.05) is 0 Å². The SMILES string of the molecule is c1ccc2c(c1)nc1c3ccc4sc5ccccc5c4c3c3cc4c(cc3n21)oc1ccccc14. The molecule has 5 aromatic carbocycles. The maximum Gasteiger partial charge on any atom is 0.146 e. The zero-order chi connectivity index (χ0) is 22.7. The first kappa shape index (κ1) is 18.0. The van der Waals surface area contributed by atoms with E-state index >= 15 is 0 Å². The van der Waals surface area contributed by atoms with Crippen molar-refractivity contribution >= 4 is 91.8 Å². The highest BCUT2D eigenvalue weighted by Gasteiger charge is 2.19. The lowest BCUT2D eigenvalue weighted by atomic mass is 9.98. The molecule has 0 N–H and O–H groups in total. The lowest BCUT2D eigenvalue weighted by molar-refractivity contribution is 0.669. The van der Waals surface area contributed by atoms with Crippen LogP contribution < -0.4 is 0 Å². The van der Waals surface area contributed by atoms with Crippen LogP contribution in [0.4, 0.5) is 0 Å². The second kappa shape index (κ2) is 6.17. The monoisotopic (exact) mass is 464 g/mol. The van der Waals surface area contributed by atoms with E-state index in [4.69, 9.17) is 9.40 Å². The highest BCUT2D eigenvalue weighted by molar-refractivity contribution is 7.26. The van der Waals surface area contributed by atoms with Gasteiger partial charge >= 0.3 is 0 Å². The van der Waals surface area contributed by atoms with E-state index in [1.54, 1.807) is 0 Å². The van der Waals surface area contributed by atoms with Crippen molar-refractivity contribution in [3.05, 3.63) is 97.1 Å². The molecular weight excluding hydrogens is 448 g/mol. The molecule has 4 heterocycles. The summed E-state index contributed by atoms with van der Waals surface area (Å²) < 4.78 is 11.2. The summed E-state index contributed by atoms with van der Waals surface area (Å²) in [5.74, 6) is 0. The Hall–Kier alpha value is -4.41. The normalized spacial score (nSPS) is 12.6. The average molecular weight is 465 g/mol. The van der Waals surface area contributed by atoms with Crippen molar-refractivity contribution < 1.29 is 4.42 Å². The third-order valence-corrected chi connectivity index (χ3v) is 8.49. The molecule has 0 aliphatic carbocycles. The van der Waals surface area contributed by atoms with E-state index in [2.05, 4.69) is 89.3 Å². The van der Waals surface area contributed by atoms with Gasteiger partial charge in [0.2, 0.25) is 0 Å². The molecule has 0 radical (unpaired) electrons. The summed E-state index contributed by atoms with van der Waals surface area (Å²) >= 11 is 1.86.